The van der Waals surface area contributed by atoms with E-state index < -0.39 is 0 Å². The minimum atomic E-state index is 0. The highest BCUT2D eigenvalue weighted by atomic mass is 15.0. The number of hydrogen-bond acceptors (Lipinski definition) is 4. The highest BCUT2D eigenvalue weighted by molar-refractivity contribution is 4.58. The standard InChI is InChI=1S/C2H8N2.C2H5N.C2H7N.2CH4/c3-1-2-4;1-2-3-1;1-3-2;;/h1-4H2;3H,1-2H2;3H,1-2H3;2*1H4. The van der Waals surface area contributed by atoms with E-state index in [1.54, 1.807) is 0 Å². The summed E-state index contributed by atoms with van der Waals surface area (Å²) in [6.07, 6.45) is 0. The Morgan fingerprint density at radius 3 is 1.25 bits per heavy atom. The summed E-state index contributed by atoms with van der Waals surface area (Å²) in [6, 6.07) is 0. The predicted molar refractivity (Wildman–Crippen MR) is 59.4 cm³/mol. The highest BCUT2D eigenvalue weighted by Crippen LogP contribution is 1.65. The number of nitrogens with two attached hydrogens (primary N) is 2. The van der Waals surface area contributed by atoms with Crippen LogP contribution in [-0.2, 0) is 0 Å². The zero-order valence-electron chi connectivity index (χ0n) is 6.98. The monoisotopic (exact) mass is 180 g/mol. The van der Waals surface area contributed by atoms with Crippen molar-refractivity contribution in [2.75, 3.05) is 40.3 Å². The Morgan fingerprint density at radius 1 is 1.08 bits per heavy atom. The predicted octanol–water partition coefficient (Wildman–Crippen LogP) is -0.399. The van der Waals surface area contributed by atoms with Gasteiger partial charge in [-0.1, -0.05) is 14.9 Å². The van der Waals surface area contributed by atoms with Gasteiger partial charge < -0.3 is 22.1 Å². The summed E-state index contributed by atoms with van der Waals surface area (Å²) in [5, 5.41) is 5.75. The van der Waals surface area contributed by atoms with Gasteiger partial charge in [-0.15, -0.1) is 0 Å². The van der Waals surface area contributed by atoms with E-state index in [1.807, 2.05) is 14.1 Å². The Morgan fingerprint density at radius 2 is 1.25 bits per heavy atom. The highest BCUT2D eigenvalue weighted by Gasteiger charge is 1.91. The van der Waals surface area contributed by atoms with E-state index in [-0.39, 0.29) is 14.9 Å². The van der Waals surface area contributed by atoms with E-state index in [4.69, 9.17) is 11.5 Å². The van der Waals surface area contributed by atoms with E-state index >= 15 is 0 Å². The zero-order chi connectivity index (χ0) is 8.24. The van der Waals surface area contributed by atoms with E-state index in [0.717, 1.165) is 0 Å². The third-order valence-corrected chi connectivity index (χ3v) is 0.417. The fourth-order valence-electron chi connectivity index (χ4n) is 0. The van der Waals surface area contributed by atoms with Gasteiger partial charge in [-0.3, -0.25) is 0 Å². The lowest BCUT2D eigenvalue weighted by Gasteiger charge is -1.72. The molecule has 4 heteroatoms. The number of rotatable bonds is 1. The lowest BCUT2D eigenvalue weighted by atomic mass is 10.7. The van der Waals surface area contributed by atoms with Crippen LogP contribution in [0.1, 0.15) is 14.9 Å². The molecule has 1 saturated heterocycles. The van der Waals surface area contributed by atoms with Crippen LogP contribution in [0.15, 0.2) is 0 Å². The topological polar surface area (TPSA) is 86.0 Å². The first-order chi connectivity index (χ1) is 4.83. The first kappa shape index (κ1) is 22.6. The van der Waals surface area contributed by atoms with Crippen molar-refractivity contribution in [3.8, 4) is 0 Å². The van der Waals surface area contributed by atoms with E-state index in [2.05, 4.69) is 10.6 Å². The maximum absolute atomic E-state index is 4.90. The molecule has 0 spiro atoms. The second kappa shape index (κ2) is 30.8. The molecule has 4 nitrogen and oxygen atoms in total. The third-order valence-electron chi connectivity index (χ3n) is 0.417. The minimum Gasteiger partial charge on any atom is -0.329 e. The maximum Gasteiger partial charge on any atom is 0.00772 e. The molecule has 1 fully saturated rings. The molecule has 0 aliphatic carbocycles. The Kier molecular flexibility index (Phi) is 58.0. The van der Waals surface area contributed by atoms with Crippen LogP contribution >= 0.6 is 0 Å². The Labute approximate surface area is 78.1 Å². The van der Waals surface area contributed by atoms with Gasteiger partial charge in [-0.05, 0) is 14.1 Å². The van der Waals surface area contributed by atoms with Gasteiger partial charge in [0.15, 0.2) is 0 Å². The third kappa shape index (κ3) is 227. The summed E-state index contributed by atoms with van der Waals surface area (Å²) in [5.74, 6) is 0. The van der Waals surface area contributed by atoms with Gasteiger partial charge in [-0.2, -0.15) is 0 Å². The molecule has 0 bridgehead atoms. The lowest BCUT2D eigenvalue weighted by molar-refractivity contribution is 0.976. The second-order valence-electron chi connectivity index (χ2n) is 1.83. The fourth-order valence-corrected chi connectivity index (χ4v) is 0. The number of nitrogens with one attached hydrogen (secondary N) is 2. The summed E-state index contributed by atoms with van der Waals surface area (Å²) in [5.41, 5.74) is 9.81. The van der Waals surface area contributed by atoms with Gasteiger partial charge in [0.1, 0.15) is 0 Å². The fraction of sp³-hybridized carbons (Fsp3) is 1.00. The van der Waals surface area contributed by atoms with Crippen LogP contribution in [0.5, 0.6) is 0 Å². The van der Waals surface area contributed by atoms with Gasteiger partial charge >= 0.3 is 0 Å². The summed E-state index contributed by atoms with van der Waals surface area (Å²) in [7, 11) is 3.75. The summed E-state index contributed by atoms with van der Waals surface area (Å²) >= 11 is 0. The zero-order valence-corrected chi connectivity index (χ0v) is 6.98. The van der Waals surface area contributed by atoms with Crippen LogP contribution in [0.25, 0.3) is 0 Å². The van der Waals surface area contributed by atoms with Crippen molar-refractivity contribution in [2.45, 2.75) is 14.9 Å². The molecule has 80 valence electrons. The SMILES string of the molecule is C.C.C1CN1.CNC.NCCN. The molecule has 0 aromatic rings. The van der Waals surface area contributed by atoms with Gasteiger partial charge in [0, 0.05) is 26.2 Å². The van der Waals surface area contributed by atoms with E-state index in [1.165, 1.54) is 13.1 Å². The van der Waals surface area contributed by atoms with Crippen LogP contribution in [0.4, 0.5) is 0 Å². The molecule has 0 amide bonds. The van der Waals surface area contributed by atoms with Crippen molar-refractivity contribution in [3.05, 3.63) is 0 Å². The van der Waals surface area contributed by atoms with Crippen molar-refractivity contribution >= 4 is 0 Å². The largest absolute Gasteiger partial charge is 0.329 e. The molecule has 0 atom stereocenters. The van der Waals surface area contributed by atoms with E-state index in [9.17, 15) is 0 Å². The van der Waals surface area contributed by atoms with Crippen LogP contribution in [0, 0.1) is 0 Å². The molecule has 0 unspecified atom stereocenters. The average molecular weight is 180 g/mol. The van der Waals surface area contributed by atoms with Crippen molar-refractivity contribution in [3.63, 3.8) is 0 Å². The van der Waals surface area contributed by atoms with Crippen LogP contribution in [0.2, 0.25) is 0 Å². The van der Waals surface area contributed by atoms with Gasteiger partial charge in [-0.25, -0.2) is 0 Å². The molecule has 12 heavy (non-hydrogen) atoms. The first-order valence-electron chi connectivity index (χ1n) is 3.52. The van der Waals surface area contributed by atoms with Crippen molar-refractivity contribution < 1.29 is 0 Å². The maximum atomic E-state index is 4.90. The summed E-state index contributed by atoms with van der Waals surface area (Å²) in [6.45, 7) is 3.69. The number of hydrogen-bond donors (Lipinski definition) is 4. The second-order valence-corrected chi connectivity index (χ2v) is 1.83. The summed E-state index contributed by atoms with van der Waals surface area (Å²) in [4.78, 5) is 0. The normalized spacial score (nSPS) is 10.0. The lowest BCUT2D eigenvalue weighted by Crippen LogP contribution is -2.11. The molecule has 0 saturated carbocycles. The average Bonchev–Trinajstić information content (AvgIpc) is 2.73. The van der Waals surface area contributed by atoms with Crippen molar-refractivity contribution in [2.24, 2.45) is 11.5 Å². The Balaban J connectivity index is -0.0000000372. The molecular weight excluding hydrogens is 152 g/mol. The molecule has 0 radical (unpaired) electrons. The molecule has 1 rings (SSSR count). The Hall–Kier alpha value is -0.160. The van der Waals surface area contributed by atoms with Crippen LogP contribution < -0.4 is 22.1 Å². The van der Waals surface area contributed by atoms with Gasteiger partial charge in [0.05, 0.1) is 0 Å². The molecule has 6 N–H and O–H groups in total. The van der Waals surface area contributed by atoms with Crippen molar-refractivity contribution in [1.29, 1.82) is 0 Å². The molecule has 0 aromatic carbocycles. The molecule has 0 aromatic heterocycles. The van der Waals surface area contributed by atoms with Gasteiger partial charge in [0.2, 0.25) is 0 Å². The molecular formula is C8H28N4. The van der Waals surface area contributed by atoms with E-state index in [0.29, 0.717) is 13.1 Å². The van der Waals surface area contributed by atoms with Crippen molar-refractivity contribution in [1.82, 2.24) is 10.6 Å². The van der Waals surface area contributed by atoms with Crippen LogP contribution in [-0.4, -0.2) is 40.3 Å². The van der Waals surface area contributed by atoms with Gasteiger partial charge in [0.25, 0.3) is 0 Å². The summed E-state index contributed by atoms with van der Waals surface area (Å²) < 4.78 is 0. The first-order valence-corrected chi connectivity index (χ1v) is 3.52. The Bertz CT molecular complexity index is 35.3. The smallest absolute Gasteiger partial charge is 0.00772 e. The molecule has 1 aliphatic rings. The molecule has 1 aliphatic heterocycles. The minimum absolute atomic E-state index is 0. The quantitative estimate of drug-likeness (QED) is 0.414. The van der Waals surface area contributed by atoms with Crippen LogP contribution in [0.3, 0.4) is 0 Å². The molecule has 1 heterocycles.